The average Bonchev–Trinajstić information content (AvgIpc) is 3.54. The minimum Gasteiger partial charge on any atom is -0.496 e. The fraction of sp³-hybridized carbons (Fsp3) is 0.594. The molecule has 0 bridgehead atoms. The van der Waals surface area contributed by atoms with Crippen LogP contribution in [0.15, 0.2) is 30.6 Å². The molecule has 1 aromatic carbocycles. The van der Waals surface area contributed by atoms with E-state index in [9.17, 15) is 4.79 Å². The third-order valence-electron chi connectivity index (χ3n) is 7.46. The lowest BCUT2D eigenvalue weighted by Crippen LogP contribution is -2.52. The molecule has 1 aliphatic carbocycles. The Bertz CT molecular complexity index is 1210. The Morgan fingerprint density at radius 1 is 1.13 bits per heavy atom. The third kappa shape index (κ3) is 8.53. The highest BCUT2D eigenvalue weighted by molar-refractivity contribution is 5.81. The predicted octanol–water partition coefficient (Wildman–Crippen LogP) is 6.19. The van der Waals surface area contributed by atoms with E-state index in [4.69, 9.17) is 4.74 Å². The lowest BCUT2D eigenvalue weighted by Gasteiger charge is -2.37. The number of carbonyl (C=O) groups is 1. The van der Waals surface area contributed by atoms with E-state index in [-0.39, 0.29) is 5.78 Å². The second kappa shape index (κ2) is 14.5. The first-order chi connectivity index (χ1) is 18.8. The molecule has 1 N–H and O–H groups in total. The summed E-state index contributed by atoms with van der Waals surface area (Å²) in [5.74, 6) is 1.24. The van der Waals surface area contributed by atoms with Gasteiger partial charge in [0.15, 0.2) is 0 Å². The molecule has 1 saturated heterocycles. The molecule has 3 aromatic rings. The lowest BCUT2D eigenvalue weighted by atomic mass is 10.0. The van der Waals surface area contributed by atoms with Gasteiger partial charge in [0.05, 0.1) is 12.6 Å². The van der Waals surface area contributed by atoms with Gasteiger partial charge < -0.3 is 19.7 Å². The van der Waals surface area contributed by atoms with Crippen molar-refractivity contribution in [2.45, 2.75) is 91.5 Å². The molecule has 5 rings (SSSR count). The number of aromatic nitrogens is 3. The van der Waals surface area contributed by atoms with Gasteiger partial charge in [0.1, 0.15) is 11.5 Å². The molecule has 3 heterocycles. The van der Waals surface area contributed by atoms with Crippen LogP contribution in [0.3, 0.4) is 0 Å². The summed E-state index contributed by atoms with van der Waals surface area (Å²) >= 11 is 0. The first-order valence-electron chi connectivity index (χ1n) is 14.7. The Kier molecular flexibility index (Phi) is 11.3. The zero-order valence-corrected chi connectivity index (χ0v) is 25.3. The van der Waals surface area contributed by atoms with E-state index in [1.54, 1.807) is 14.0 Å². The summed E-state index contributed by atoms with van der Waals surface area (Å²) in [5, 5.41) is 9.22. The van der Waals surface area contributed by atoms with Crippen LogP contribution in [0.5, 0.6) is 5.75 Å². The van der Waals surface area contributed by atoms with Crippen LogP contribution in [0, 0.1) is 6.92 Å². The van der Waals surface area contributed by atoms with Gasteiger partial charge in [-0.05, 0) is 69.2 Å². The van der Waals surface area contributed by atoms with Gasteiger partial charge in [-0.1, -0.05) is 33.6 Å². The molecule has 214 valence electrons. The maximum atomic E-state index is 10.0. The van der Waals surface area contributed by atoms with Gasteiger partial charge in [0.25, 0.3) is 0 Å². The molecule has 0 atom stereocenters. The van der Waals surface area contributed by atoms with Crippen molar-refractivity contribution >= 4 is 22.4 Å². The molecular formula is C32H49N5O2. The summed E-state index contributed by atoms with van der Waals surface area (Å²) < 4.78 is 7.20. The highest BCUT2D eigenvalue weighted by atomic mass is 16.5. The Morgan fingerprint density at radius 2 is 1.87 bits per heavy atom. The Balaban J connectivity index is 0.000000181. The zero-order chi connectivity index (χ0) is 28.4. The number of Topliss-reactive ketones (excluding diaryl/α,β-unsaturated/α-hetero) is 1. The highest BCUT2D eigenvalue weighted by Crippen LogP contribution is 2.39. The second-order valence-electron chi connectivity index (χ2n) is 11.0. The summed E-state index contributed by atoms with van der Waals surface area (Å²) in [6.07, 6.45) is 12.9. The zero-order valence-electron chi connectivity index (χ0n) is 25.3. The molecule has 7 heteroatoms. The van der Waals surface area contributed by atoms with Gasteiger partial charge in [-0.15, -0.1) is 0 Å². The number of nitrogens with zero attached hydrogens (tertiary/aromatic N) is 4. The van der Waals surface area contributed by atoms with E-state index in [0.29, 0.717) is 5.54 Å². The van der Waals surface area contributed by atoms with Crippen LogP contribution in [0.1, 0.15) is 83.0 Å². The van der Waals surface area contributed by atoms with Gasteiger partial charge in [-0.2, -0.15) is 5.10 Å². The fourth-order valence-corrected chi connectivity index (χ4v) is 5.32. The number of pyridine rings is 1. The smallest absolute Gasteiger partial charge is 0.129 e. The van der Waals surface area contributed by atoms with Crippen molar-refractivity contribution in [3.05, 3.63) is 47.4 Å². The monoisotopic (exact) mass is 535 g/mol. The molecule has 7 nitrogen and oxygen atoms in total. The van der Waals surface area contributed by atoms with Crippen molar-refractivity contribution < 1.29 is 9.53 Å². The minimum atomic E-state index is 0.289. The number of methoxy groups -OCH3 is 1. The molecule has 1 saturated carbocycles. The average molecular weight is 536 g/mol. The number of piperazine rings is 1. The number of fused-ring (bicyclic) bond motifs is 1. The SMILES string of the molecule is CCCC(C)=O.CCCc1c(N2CCNC3(CC3)C2)ccnc1C.CCCc1cc2cn(C)nc2cc1OC. The summed E-state index contributed by atoms with van der Waals surface area (Å²) in [5.41, 5.74) is 6.79. The van der Waals surface area contributed by atoms with Crippen LogP contribution in [-0.4, -0.2) is 52.8 Å². The van der Waals surface area contributed by atoms with E-state index in [1.807, 2.05) is 37.1 Å². The van der Waals surface area contributed by atoms with E-state index in [1.165, 1.54) is 53.7 Å². The standard InChI is InChI=1S/C15H23N3.C12H16N2O.C5H10O/c1-3-4-13-12(2)16-8-5-14(13)18-10-9-17-15(11-18)6-7-15;1-4-5-9-6-10-8-14(2)13-11(10)7-12(9)15-3;1-3-4-5(2)6/h5,8,17H,3-4,6-7,9-11H2,1-2H3;6-8H,4-5H2,1-3H3;3-4H2,1-2H3. The molecule has 1 aliphatic heterocycles. The topological polar surface area (TPSA) is 72.3 Å². The molecule has 0 amide bonds. The summed E-state index contributed by atoms with van der Waals surface area (Å²) in [4.78, 5) is 17.1. The van der Waals surface area contributed by atoms with Crippen LogP contribution in [0.4, 0.5) is 5.69 Å². The molecule has 1 spiro atoms. The lowest BCUT2D eigenvalue weighted by molar-refractivity contribution is -0.117. The summed E-state index contributed by atoms with van der Waals surface area (Å²) in [6.45, 7) is 13.6. The first-order valence-corrected chi connectivity index (χ1v) is 14.7. The Morgan fingerprint density at radius 3 is 2.46 bits per heavy atom. The number of benzene rings is 1. The van der Waals surface area contributed by atoms with Crippen LogP contribution in [0.2, 0.25) is 0 Å². The van der Waals surface area contributed by atoms with Crippen LogP contribution in [-0.2, 0) is 24.7 Å². The number of aryl methyl sites for hydroxylation is 3. The maximum Gasteiger partial charge on any atom is 0.129 e. The van der Waals surface area contributed by atoms with Gasteiger partial charge in [0, 0.05) is 73.9 Å². The molecule has 2 aliphatic rings. The molecule has 2 fully saturated rings. The molecule has 0 unspecified atom stereocenters. The molecule has 39 heavy (non-hydrogen) atoms. The van der Waals surface area contributed by atoms with E-state index in [0.717, 1.165) is 56.5 Å². The number of carbonyl (C=O) groups excluding carboxylic acids is 1. The minimum absolute atomic E-state index is 0.289. The first kappa shape index (κ1) is 30.6. The van der Waals surface area contributed by atoms with Gasteiger partial charge in [-0.3, -0.25) is 9.67 Å². The third-order valence-corrected chi connectivity index (χ3v) is 7.46. The van der Waals surface area contributed by atoms with Crippen molar-refractivity contribution in [1.82, 2.24) is 20.1 Å². The van der Waals surface area contributed by atoms with Gasteiger partial charge >= 0.3 is 0 Å². The number of ether oxygens (including phenoxy) is 1. The van der Waals surface area contributed by atoms with Crippen molar-refractivity contribution in [3.63, 3.8) is 0 Å². The number of hydrogen-bond acceptors (Lipinski definition) is 6. The normalized spacial score (nSPS) is 15.3. The van der Waals surface area contributed by atoms with E-state index in [2.05, 4.69) is 53.2 Å². The van der Waals surface area contributed by atoms with Crippen LogP contribution >= 0.6 is 0 Å². The number of rotatable bonds is 8. The molecule has 2 aromatic heterocycles. The molecule has 0 radical (unpaired) electrons. The van der Waals surface area contributed by atoms with Crippen molar-refractivity contribution in [2.24, 2.45) is 7.05 Å². The van der Waals surface area contributed by atoms with Crippen LogP contribution < -0.4 is 15.0 Å². The van der Waals surface area contributed by atoms with Gasteiger partial charge in [-0.25, -0.2) is 0 Å². The highest BCUT2D eigenvalue weighted by Gasteiger charge is 2.45. The summed E-state index contributed by atoms with van der Waals surface area (Å²) in [6, 6.07) is 6.39. The molecular weight excluding hydrogens is 486 g/mol. The maximum absolute atomic E-state index is 10.0. The van der Waals surface area contributed by atoms with Crippen LogP contribution in [0.25, 0.3) is 10.9 Å². The van der Waals surface area contributed by atoms with Crippen molar-refractivity contribution in [2.75, 3.05) is 31.6 Å². The van der Waals surface area contributed by atoms with Crippen molar-refractivity contribution in [1.29, 1.82) is 0 Å². The Labute approximate surface area is 235 Å². The largest absolute Gasteiger partial charge is 0.496 e. The Hall–Kier alpha value is -2.93. The van der Waals surface area contributed by atoms with Gasteiger partial charge in [0.2, 0.25) is 0 Å². The fourth-order valence-electron chi connectivity index (χ4n) is 5.32. The predicted molar refractivity (Wildman–Crippen MR) is 162 cm³/mol. The number of hydrogen-bond donors (Lipinski definition) is 1. The number of ketones is 1. The van der Waals surface area contributed by atoms with Crippen molar-refractivity contribution in [3.8, 4) is 5.75 Å². The van der Waals surface area contributed by atoms with E-state index >= 15 is 0 Å². The quantitative estimate of drug-likeness (QED) is 0.371. The number of nitrogens with one attached hydrogen (secondary N) is 1. The number of anilines is 1. The summed E-state index contributed by atoms with van der Waals surface area (Å²) in [7, 11) is 3.65. The van der Waals surface area contributed by atoms with E-state index < -0.39 is 0 Å². The second-order valence-corrected chi connectivity index (χ2v) is 11.0.